The standard InChI is InChI=1S/C13H20N4O3S/c1-21-10-3-2-8(4-10)16-13(20)17-11(12(18)19)5-9-6-14-7-15-9/h6-8,10-11H,2-5H2,1H3,(H,14,15)(H,18,19)(H2,16,17,20). The van der Waals surface area contributed by atoms with E-state index in [4.69, 9.17) is 0 Å². The first-order chi connectivity index (χ1) is 10.1. The van der Waals surface area contributed by atoms with Crippen LogP contribution in [0.15, 0.2) is 12.5 Å². The van der Waals surface area contributed by atoms with Crippen LogP contribution in [0.1, 0.15) is 25.0 Å². The average Bonchev–Trinajstić information content (AvgIpc) is 3.09. The first-order valence-corrected chi connectivity index (χ1v) is 8.17. The van der Waals surface area contributed by atoms with Crippen LogP contribution in [0, 0.1) is 0 Å². The predicted molar refractivity (Wildman–Crippen MR) is 80.3 cm³/mol. The van der Waals surface area contributed by atoms with Gasteiger partial charge in [0.05, 0.1) is 6.33 Å². The van der Waals surface area contributed by atoms with Crippen molar-refractivity contribution >= 4 is 23.8 Å². The molecular weight excluding hydrogens is 292 g/mol. The molecule has 8 heteroatoms. The Morgan fingerprint density at radius 3 is 2.95 bits per heavy atom. The van der Waals surface area contributed by atoms with Gasteiger partial charge in [0.2, 0.25) is 0 Å². The second-order valence-corrected chi connectivity index (χ2v) is 6.30. The third-order valence-corrected chi connectivity index (χ3v) is 4.73. The summed E-state index contributed by atoms with van der Waals surface area (Å²) in [4.78, 5) is 29.8. The number of rotatable bonds is 6. The monoisotopic (exact) mass is 312 g/mol. The van der Waals surface area contributed by atoms with Gasteiger partial charge in [-0.25, -0.2) is 14.6 Å². The Morgan fingerprint density at radius 1 is 1.57 bits per heavy atom. The molecule has 0 radical (unpaired) electrons. The van der Waals surface area contributed by atoms with Crippen LogP contribution in [0.3, 0.4) is 0 Å². The molecule has 1 heterocycles. The number of hydrogen-bond donors (Lipinski definition) is 4. The summed E-state index contributed by atoms with van der Waals surface area (Å²) in [5, 5.41) is 15.1. The molecule has 1 aliphatic carbocycles. The van der Waals surface area contributed by atoms with Crippen molar-refractivity contribution in [2.24, 2.45) is 0 Å². The molecule has 0 saturated heterocycles. The molecule has 3 atom stereocenters. The number of carboxylic acids is 1. The molecule has 1 saturated carbocycles. The lowest BCUT2D eigenvalue weighted by Crippen LogP contribution is -2.49. The topological polar surface area (TPSA) is 107 Å². The summed E-state index contributed by atoms with van der Waals surface area (Å²) in [7, 11) is 0. The van der Waals surface area contributed by atoms with E-state index in [9.17, 15) is 14.7 Å². The van der Waals surface area contributed by atoms with Gasteiger partial charge in [0, 0.05) is 29.6 Å². The lowest BCUT2D eigenvalue weighted by Gasteiger charge is -2.17. The Kier molecular flexibility index (Phi) is 5.49. The van der Waals surface area contributed by atoms with Gasteiger partial charge in [-0.15, -0.1) is 0 Å². The second-order valence-electron chi connectivity index (χ2n) is 5.16. The fraction of sp³-hybridized carbons (Fsp3) is 0.615. The van der Waals surface area contributed by atoms with Gasteiger partial charge in [0.15, 0.2) is 0 Å². The number of hydrogen-bond acceptors (Lipinski definition) is 4. The highest BCUT2D eigenvalue weighted by atomic mass is 32.2. The number of imidazole rings is 1. The molecule has 0 aliphatic heterocycles. The number of nitrogens with one attached hydrogen (secondary N) is 3. The van der Waals surface area contributed by atoms with Crippen molar-refractivity contribution in [3.8, 4) is 0 Å². The molecule has 3 unspecified atom stereocenters. The molecule has 7 nitrogen and oxygen atoms in total. The number of H-pyrrole nitrogens is 1. The van der Waals surface area contributed by atoms with E-state index in [0.717, 1.165) is 19.3 Å². The molecule has 2 amide bonds. The Labute approximate surface area is 127 Å². The summed E-state index contributed by atoms with van der Waals surface area (Å²) < 4.78 is 0. The minimum absolute atomic E-state index is 0.129. The molecule has 1 aromatic heterocycles. The Morgan fingerprint density at radius 2 is 2.38 bits per heavy atom. The van der Waals surface area contributed by atoms with E-state index in [1.54, 1.807) is 6.20 Å². The number of carbonyl (C=O) groups is 2. The Balaban J connectivity index is 1.82. The SMILES string of the molecule is CSC1CCC(NC(=O)NC(Cc2cnc[nH]2)C(=O)O)C1. The summed E-state index contributed by atoms with van der Waals surface area (Å²) in [5.74, 6) is -1.06. The van der Waals surface area contributed by atoms with Crippen LogP contribution in [-0.2, 0) is 11.2 Å². The highest BCUT2D eigenvalue weighted by Crippen LogP contribution is 2.27. The van der Waals surface area contributed by atoms with Crippen LogP contribution in [0.25, 0.3) is 0 Å². The third kappa shape index (κ3) is 4.66. The quantitative estimate of drug-likeness (QED) is 0.626. The summed E-state index contributed by atoms with van der Waals surface area (Å²) >= 11 is 1.81. The van der Waals surface area contributed by atoms with Gasteiger partial charge in [-0.1, -0.05) is 0 Å². The summed E-state index contributed by atoms with van der Waals surface area (Å²) in [6, 6.07) is -1.26. The van der Waals surface area contributed by atoms with Crippen molar-refractivity contribution in [1.29, 1.82) is 0 Å². The highest BCUT2D eigenvalue weighted by Gasteiger charge is 2.27. The number of carbonyl (C=O) groups excluding carboxylic acids is 1. The number of carboxylic acid groups (broad SMARTS) is 1. The second kappa shape index (κ2) is 7.35. The van der Waals surface area contributed by atoms with E-state index in [2.05, 4.69) is 26.9 Å². The van der Waals surface area contributed by atoms with Crippen LogP contribution >= 0.6 is 11.8 Å². The van der Waals surface area contributed by atoms with Gasteiger partial charge in [0.1, 0.15) is 6.04 Å². The molecular formula is C13H20N4O3S. The van der Waals surface area contributed by atoms with Gasteiger partial charge in [-0.05, 0) is 25.5 Å². The Hall–Kier alpha value is -1.70. The van der Waals surface area contributed by atoms with Crippen LogP contribution < -0.4 is 10.6 Å². The van der Waals surface area contributed by atoms with Crippen LogP contribution in [0.2, 0.25) is 0 Å². The van der Waals surface area contributed by atoms with Crippen LogP contribution in [0.4, 0.5) is 4.79 Å². The summed E-state index contributed by atoms with van der Waals surface area (Å²) in [6.07, 6.45) is 8.25. The molecule has 0 aromatic carbocycles. The molecule has 1 fully saturated rings. The largest absolute Gasteiger partial charge is 0.480 e. The van der Waals surface area contributed by atoms with Crippen molar-refractivity contribution in [3.05, 3.63) is 18.2 Å². The minimum atomic E-state index is -1.06. The van der Waals surface area contributed by atoms with Crippen molar-refractivity contribution in [3.63, 3.8) is 0 Å². The zero-order valence-corrected chi connectivity index (χ0v) is 12.7. The maximum atomic E-state index is 11.9. The normalized spacial score (nSPS) is 22.7. The molecule has 0 bridgehead atoms. The number of aromatic nitrogens is 2. The number of aromatic amines is 1. The minimum Gasteiger partial charge on any atom is -0.480 e. The summed E-state index contributed by atoms with van der Waals surface area (Å²) in [6.45, 7) is 0. The van der Waals surface area contributed by atoms with E-state index >= 15 is 0 Å². The number of urea groups is 1. The maximum absolute atomic E-state index is 11.9. The van der Waals surface area contributed by atoms with Crippen LogP contribution in [0.5, 0.6) is 0 Å². The lowest BCUT2D eigenvalue weighted by atomic mass is 10.1. The molecule has 0 spiro atoms. The smallest absolute Gasteiger partial charge is 0.326 e. The van der Waals surface area contributed by atoms with Gasteiger partial charge >= 0.3 is 12.0 Å². The highest BCUT2D eigenvalue weighted by molar-refractivity contribution is 7.99. The molecule has 21 heavy (non-hydrogen) atoms. The Bertz CT molecular complexity index is 480. The van der Waals surface area contributed by atoms with Gasteiger partial charge < -0.3 is 20.7 Å². The van der Waals surface area contributed by atoms with Gasteiger partial charge in [0.25, 0.3) is 0 Å². The summed E-state index contributed by atoms with van der Waals surface area (Å²) in [5.41, 5.74) is 0.672. The molecule has 1 aromatic rings. The van der Waals surface area contributed by atoms with Gasteiger partial charge in [-0.2, -0.15) is 11.8 Å². The zero-order chi connectivity index (χ0) is 15.2. The third-order valence-electron chi connectivity index (χ3n) is 3.64. The van der Waals surface area contributed by atoms with E-state index in [-0.39, 0.29) is 12.5 Å². The molecule has 116 valence electrons. The fourth-order valence-electron chi connectivity index (χ4n) is 2.49. The number of amides is 2. The van der Waals surface area contributed by atoms with Crippen molar-refractivity contribution in [2.75, 3.05) is 6.26 Å². The molecule has 4 N–H and O–H groups in total. The molecule has 1 aliphatic rings. The average molecular weight is 312 g/mol. The van der Waals surface area contributed by atoms with E-state index in [0.29, 0.717) is 10.9 Å². The molecule has 2 rings (SSSR count). The van der Waals surface area contributed by atoms with E-state index in [1.165, 1.54) is 6.33 Å². The van der Waals surface area contributed by atoms with Gasteiger partial charge in [-0.3, -0.25) is 0 Å². The van der Waals surface area contributed by atoms with Crippen molar-refractivity contribution in [1.82, 2.24) is 20.6 Å². The predicted octanol–water partition coefficient (Wildman–Crippen LogP) is 0.989. The van der Waals surface area contributed by atoms with Crippen LogP contribution in [-0.4, -0.2) is 50.7 Å². The first-order valence-electron chi connectivity index (χ1n) is 6.88. The van der Waals surface area contributed by atoms with Crippen molar-refractivity contribution in [2.45, 2.75) is 43.0 Å². The zero-order valence-electron chi connectivity index (χ0n) is 11.8. The maximum Gasteiger partial charge on any atom is 0.326 e. The van der Waals surface area contributed by atoms with Crippen molar-refractivity contribution < 1.29 is 14.7 Å². The lowest BCUT2D eigenvalue weighted by molar-refractivity contribution is -0.139. The number of nitrogens with zero attached hydrogens (tertiary/aromatic N) is 1. The number of aliphatic carboxylic acids is 1. The first kappa shape index (κ1) is 15.7. The van der Waals surface area contributed by atoms with E-state index in [1.807, 2.05) is 11.8 Å². The fourth-order valence-corrected chi connectivity index (χ4v) is 3.28. The van der Waals surface area contributed by atoms with E-state index < -0.39 is 18.0 Å². The number of thioether (sulfide) groups is 1.